The molecule has 130 valence electrons. The predicted molar refractivity (Wildman–Crippen MR) is 87.4 cm³/mol. The van der Waals surface area contributed by atoms with Crippen molar-refractivity contribution in [2.24, 2.45) is 0 Å². The fourth-order valence-corrected chi connectivity index (χ4v) is 2.60. The molecule has 0 atom stereocenters. The quantitative estimate of drug-likeness (QED) is 0.860. The number of para-hydroxylation sites is 1. The van der Waals surface area contributed by atoms with Crippen LogP contribution in [0.15, 0.2) is 36.7 Å². The molecule has 1 aliphatic rings. The van der Waals surface area contributed by atoms with Gasteiger partial charge in [0.05, 0.1) is 17.4 Å². The number of anilines is 2. The molecule has 2 heterocycles. The van der Waals surface area contributed by atoms with Crippen LogP contribution >= 0.6 is 0 Å². The first-order chi connectivity index (χ1) is 12.1. The van der Waals surface area contributed by atoms with E-state index in [1.165, 1.54) is 24.5 Å². The Hall–Kier alpha value is -3.03. The third-order valence-electron chi connectivity index (χ3n) is 3.97. The molecular weight excluding hydrogens is 330 g/mol. The molecule has 25 heavy (non-hydrogen) atoms. The predicted octanol–water partition coefficient (Wildman–Crippen LogP) is 2.02. The molecule has 1 saturated heterocycles. The van der Waals surface area contributed by atoms with E-state index in [0.717, 1.165) is 18.5 Å². The summed E-state index contributed by atoms with van der Waals surface area (Å²) in [6.45, 7) is 1.80. The second-order valence-electron chi connectivity index (χ2n) is 5.62. The van der Waals surface area contributed by atoms with Gasteiger partial charge in [0.15, 0.2) is 0 Å². The maximum absolute atomic E-state index is 13.7. The smallest absolute Gasteiger partial charge is 0.255 e. The van der Waals surface area contributed by atoms with Gasteiger partial charge in [0, 0.05) is 32.4 Å². The van der Waals surface area contributed by atoms with E-state index in [9.17, 15) is 18.4 Å². The normalized spacial score (nSPS) is 14.3. The van der Waals surface area contributed by atoms with Gasteiger partial charge in [0.2, 0.25) is 6.41 Å². The number of halogens is 2. The summed E-state index contributed by atoms with van der Waals surface area (Å²) in [4.78, 5) is 30.4. The Morgan fingerprint density at radius 1 is 1.12 bits per heavy atom. The molecule has 1 aromatic heterocycles. The minimum Gasteiger partial charge on any atom is -0.349 e. The van der Waals surface area contributed by atoms with Gasteiger partial charge in [-0.05, 0) is 18.2 Å². The number of amides is 2. The Morgan fingerprint density at radius 3 is 2.44 bits per heavy atom. The maximum atomic E-state index is 13.7. The van der Waals surface area contributed by atoms with Crippen LogP contribution in [0.4, 0.5) is 20.2 Å². The van der Waals surface area contributed by atoms with Crippen LogP contribution < -0.4 is 5.32 Å². The van der Waals surface area contributed by atoms with Gasteiger partial charge in [-0.2, -0.15) is 0 Å². The number of rotatable bonds is 4. The number of hydrogen-bond acceptors (Lipinski definition) is 4. The molecule has 0 saturated carbocycles. The number of piperazine rings is 1. The van der Waals surface area contributed by atoms with Crippen molar-refractivity contribution in [3.8, 4) is 0 Å². The molecular formula is C17H16F2N4O2. The Kier molecular flexibility index (Phi) is 4.87. The zero-order valence-corrected chi connectivity index (χ0v) is 13.3. The molecule has 0 unspecified atom stereocenters. The first-order valence-corrected chi connectivity index (χ1v) is 7.73. The summed E-state index contributed by atoms with van der Waals surface area (Å²) in [6, 6.07) is 5.04. The molecule has 0 spiro atoms. The van der Waals surface area contributed by atoms with E-state index in [4.69, 9.17) is 0 Å². The van der Waals surface area contributed by atoms with Gasteiger partial charge < -0.3 is 15.1 Å². The number of pyridine rings is 1. The average molecular weight is 346 g/mol. The second kappa shape index (κ2) is 7.25. The lowest BCUT2D eigenvalue weighted by Crippen LogP contribution is -2.48. The van der Waals surface area contributed by atoms with Gasteiger partial charge in [-0.3, -0.25) is 14.6 Å². The molecule has 3 rings (SSSR count). The molecule has 6 nitrogen and oxygen atoms in total. The highest BCUT2D eigenvalue weighted by molar-refractivity contribution is 5.95. The number of hydrogen-bond donors (Lipinski definition) is 1. The Balaban J connectivity index is 1.75. The lowest BCUT2D eigenvalue weighted by atomic mass is 10.2. The van der Waals surface area contributed by atoms with Crippen LogP contribution in [0, 0.1) is 11.6 Å². The topological polar surface area (TPSA) is 65.5 Å². The minimum absolute atomic E-state index is 0.240. The lowest BCUT2D eigenvalue weighted by Gasteiger charge is -2.32. The number of benzene rings is 1. The fraction of sp³-hybridized carbons (Fsp3) is 0.235. The molecule has 0 bridgehead atoms. The maximum Gasteiger partial charge on any atom is 0.255 e. The standard InChI is InChI=1S/C17H16F2N4O2/c18-14-2-1-3-15(19)16(14)21-13-8-12(9-20-10-13)17(25)23-6-4-22(11-24)5-7-23/h1-3,8-11,21H,4-7H2. The Bertz CT molecular complexity index is 772. The summed E-state index contributed by atoms with van der Waals surface area (Å²) in [5, 5.41) is 2.62. The van der Waals surface area contributed by atoms with Gasteiger partial charge in [-0.25, -0.2) is 8.78 Å². The molecule has 1 aromatic carbocycles. The van der Waals surface area contributed by atoms with E-state index in [2.05, 4.69) is 10.3 Å². The SMILES string of the molecule is O=CN1CCN(C(=O)c2cncc(Nc3c(F)cccc3F)c2)CC1. The van der Waals surface area contributed by atoms with Crippen molar-refractivity contribution in [3.05, 3.63) is 53.9 Å². The molecule has 2 amide bonds. The van der Waals surface area contributed by atoms with Crippen LogP contribution in [-0.4, -0.2) is 53.3 Å². The monoisotopic (exact) mass is 346 g/mol. The zero-order chi connectivity index (χ0) is 17.8. The molecule has 1 fully saturated rings. The molecule has 0 radical (unpaired) electrons. The largest absolute Gasteiger partial charge is 0.349 e. The first-order valence-electron chi connectivity index (χ1n) is 7.73. The third kappa shape index (κ3) is 3.73. The fourth-order valence-electron chi connectivity index (χ4n) is 2.60. The summed E-state index contributed by atoms with van der Waals surface area (Å²) >= 11 is 0. The molecule has 2 aromatic rings. The van der Waals surface area contributed by atoms with E-state index >= 15 is 0 Å². The average Bonchev–Trinajstić information content (AvgIpc) is 2.64. The summed E-state index contributed by atoms with van der Waals surface area (Å²) < 4.78 is 27.5. The number of carbonyl (C=O) groups is 2. The van der Waals surface area contributed by atoms with Crippen LogP contribution in [0.1, 0.15) is 10.4 Å². The van der Waals surface area contributed by atoms with Crippen molar-refractivity contribution in [3.63, 3.8) is 0 Å². The third-order valence-corrected chi connectivity index (χ3v) is 3.97. The lowest BCUT2D eigenvalue weighted by molar-refractivity contribution is -0.119. The highest BCUT2D eigenvalue weighted by atomic mass is 19.1. The van der Waals surface area contributed by atoms with Crippen LogP contribution in [0.3, 0.4) is 0 Å². The van der Waals surface area contributed by atoms with Crippen LogP contribution in [0.25, 0.3) is 0 Å². The van der Waals surface area contributed by atoms with Crippen molar-refractivity contribution in [1.82, 2.24) is 14.8 Å². The van der Waals surface area contributed by atoms with Crippen molar-refractivity contribution >= 4 is 23.7 Å². The van der Waals surface area contributed by atoms with Crippen molar-refractivity contribution in [2.45, 2.75) is 0 Å². The van der Waals surface area contributed by atoms with Crippen LogP contribution in [0.2, 0.25) is 0 Å². The number of nitrogens with one attached hydrogen (secondary N) is 1. The highest BCUT2D eigenvalue weighted by Gasteiger charge is 2.22. The Morgan fingerprint density at radius 2 is 1.80 bits per heavy atom. The zero-order valence-electron chi connectivity index (χ0n) is 13.3. The molecule has 0 aliphatic carbocycles. The van der Waals surface area contributed by atoms with Crippen LogP contribution in [-0.2, 0) is 4.79 Å². The van der Waals surface area contributed by atoms with E-state index < -0.39 is 11.6 Å². The number of aromatic nitrogens is 1. The minimum atomic E-state index is -0.735. The first kappa shape index (κ1) is 16.8. The van der Waals surface area contributed by atoms with E-state index in [0.29, 0.717) is 37.4 Å². The molecule has 1 aliphatic heterocycles. The summed E-state index contributed by atoms with van der Waals surface area (Å²) in [6.07, 6.45) is 3.54. The summed E-state index contributed by atoms with van der Waals surface area (Å²) in [5.41, 5.74) is 0.316. The van der Waals surface area contributed by atoms with Crippen molar-refractivity contribution < 1.29 is 18.4 Å². The molecule has 1 N–H and O–H groups in total. The van der Waals surface area contributed by atoms with Gasteiger partial charge in [0.25, 0.3) is 5.91 Å². The summed E-state index contributed by atoms with van der Waals surface area (Å²) in [5.74, 6) is -1.71. The van der Waals surface area contributed by atoms with Gasteiger partial charge >= 0.3 is 0 Å². The molecule has 8 heteroatoms. The van der Waals surface area contributed by atoms with Crippen LogP contribution in [0.5, 0.6) is 0 Å². The van der Waals surface area contributed by atoms with Gasteiger partial charge in [-0.1, -0.05) is 6.07 Å². The van der Waals surface area contributed by atoms with Crippen molar-refractivity contribution in [1.29, 1.82) is 0 Å². The Labute approximate surface area is 143 Å². The number of carbonyl (C=O) groups excluding carboxylic acids is 2. The number of nitrogens with zero attached hydrogens (tertiary/aromatic N) is 3. The van der Waals surface area contributed by atoms with E-state index in [1.807, 2.05) is 0 Å². The van der Waals surface area contributed by atoms with Crippen molar-refractivity contribution in [2.75, 3.05) is 31.5 Å². The van der Waals surface area contributed by atoms with E-state index in [1.54, 1.807) is 9.80 Å². The second-order valence-corrected chi connectivity index (χ2v) is 5.62. The highest BCUT2D eigenvalue weighted by Crippen LogP contribution is 2.23. The van der Waals surface area contributed by atoms with E-state index in [-0.39, 0.29) is 11.6 Å². The summed E-state index contributed by atoms with van der Waals surface area (Å²) in [7, 11) is 0. The van der Waals surface area contributed by atoms with Gasteiger partial charge in [-0.15, -0.1) is 0 Å². The van der Waals surface area contributed by atoms with Gasteiger partial charge in [0.1, 0.15) is 17.3 Å².